The minimum atomic E-state index is 0.622. The van der Waals surface area contributed by atoms with Gasteiger partial charge in [-0.15, -0.1) is 5.10 Å². The van der Waals surface area contributed by atoms with Gasteiger partial charge in [0.1, 0.15) is 5.71 Å². The molecule has 3 aliphatic rings. The molecule has 22 heavy (non-hydrogen) atoms. The van der Waals surface area contributed by atoms with Crippen LogP contribution in [0.5, 0.6) is 0 Å². The second-order valence-corrected chi connectivity index (χ2v) is 6.27. The number of fused-ring (bicyclic) bond motifs is 4. The first-order valence-electron chi connectivity index (χ1n) is 7.92. The molecular formula is C20H16N2. The smallest absolute Gasteiger partial charge is 0.101 e. The number of allylic oxidation sites excluding steroid dienone is 2. The van der Waals surface area contributed by atoms with Crippen LogP contribution < -0.4 is 0 Å². The van der Waals surface area contributed by atoms with E-state index >= 15 is 0 Å². The van der Waals surface area contributed by atoms with Gasteiger partial charge in [0, 0.05) is 22.8 Å². The Morgan fingerprint density at radius 1 is 0.773 bits per heavy atom. The molecule has 2 atom stereocenters. The van der Waals surface area contributed by atoms with Gasteiger partial charge in [0.05, 0.1) is 0 Å². The largest absolute Gasteiger partial charge is 0.159 e. The van der Waals surface area contributed by atoms with Crippen molar-refractivity contribution >= 4 is 11.4 Å². The fourth-order valence-corrected chi connectivity index (χ4v) is 3.87. The number of nitrogens with zero attached hydrogens (tertiary/aromatic N) is 2. The Hall–Kier alpha value is -2.48. The highest BCUT2D eigenvalue weighted by Gasteiger charge is 2.38. The van der Waals surface area contributed by atoms with E-state index in [1.807, 2.05) is 0 Å². The average molecular weight is 284 g/mol. The zero-order valence-corrected chi connectivity index (χ0v) is 12.2. The van der Waals surface area contributed by atoms with E-state index in [4.69, 9.17) is 0 Å². The van der Waals surface area contributed by atoms with Crippen LogP contribution >= 0.6 is 0 Å². The summed E-state index contributed by atoms with van der Waals surface area (Å²) >= 11 is 0. The van der Waals surface area contributed by atoms with Gasteiger partial charge in [0.2, 0.25) is 0 Å². The third-order valence-corrected chi connectivity index (χ3v) is 5.10. The lowest BCUT2D eigenvalue weighted by atomic mass is 9.74. The van der Waals surface area contributed by atoms with Crippen molar-refractivity contribution in [2.24, 2.45) is 22.0 Å². The summed E-state index contributed by atoms with van der Waals surface area (Å²) < 4.78 is 0. The minimum absolute atomic E-state index is 0.622. The van der Waals surface area contributed by atoms with Crippen molar-refractivity contribution in [3.63, 3.8) is 0 Å². The Balaban J connectivity index is 1.60. The molecule has 106 valence electrons. The third-order valence-electron chi connectivity index (χ3n) is 5.10. The van der Waals surface area contributed by atoms with Crippen LogP contribution in [-0.4, -0.2) is 11.4 Å². The summed E-state index contributed by atoms with van der Waals surface area (Å²) in [6.45, 7) is 0. The Labute approximate surface area is 129 Å². The molecule has 0 saturated heterocycles. The Bertz CT molecular complexity index is 810. The van der Waals surface area contributed by atoms with Crippen LogP contribution in [0.3, 0.4) is 0 Å². The number of hydrogen-bond acceptors (Lipinski definition) is 2. The summed E-state index contributed by atoms with van der Waals surface area (Å²) in [5.74, 6) is 1.35. The fraction of sp³-hybridized carbons (Fsp3) is 0.200. The zero-order valence-electron chi connectivity index (χ0n) is 12.2. The summed E-state index contributed by atoms with van der Waals surface area (Å²) in [5.41, 5.74) is 7.23. The lowest BCUT2D eigenvalue weighted by molar-refractivity contribution is 0.465. The minimum Gasteiger partial charge on any atom is -0.159 e. The number of hydrogen-bond donors (Lipinski definition) is 0. The van der Waals surface area contributed by atoms with Crippen molar-refractivity contribution in [3.8, 4) is 11.1 Å². The first-order chi connectivity index (χ1) is 10.9. The Kier molecular flexibility index (Phi) is 2.48. The first kappa shape index (κ1) is 12.1. The highest BCUT2D eigenvalue weighted by molar-refractivity contribution is 6.24. The maximum Gasteiger partial charge on any atom is 0.101 e. The van der Waals surface area contributed by atoms with Crippen molar-refractivity contribution in [2.45, 2.75) is 12.8 Å². The van der Waals surface area contributed by atoms with Crippen molar-refractivity contribution in [1.29, 1.82) is 0 Å². The van der Waals surface area contributed by atoms with E-state index in [2.05, 4.69) is 70.9 Å². The maximum atomic E-state index is 4.67. The lowest BCUT2D eigenvalue weighted by Crippen LogP contribution is -2.32. The van der Waals surface area contributed by atoms with Gasteiger partial charge in [0.15, 0.2) is 0 Å². The molecule has 0 aromatic heterocycles. The molecule has 1 saturated carbocycles. The van der Waals surface area contributed by atoms with Crippen LogP contribution in [0.25, 0.3) is 11.1 Å². The zero-order chi connectivity index (χ0) is 14.5. The van der Waals surface area contributed by atoms with Gasteiger partial charge in [-0.25, -0.2) is 0 Å². The molecule has 0 unspecified atom stereocenters. The van der Waals surface area contributed by atoms with Crippen LogP contribution in [0.4, 0.5) is 0 Å². The van der Waals surface area contributed by atoms with Gasteiger partial charge in [-0.05, 0) is 29.9 Å². The average Bonchev–Trinajstić information content (AvgIpc) is 3.07. The third kappa shape index (κ3) is 1.61. The molecule has 5 rings (SSSR count). The van der Waals surface area contributed by atoms with Crippen molar-refractivity contribution < 1.29 is 0 Å². The standard InChI is InChI=1S/C20H16N2/c1-3-9-17-15(7-1)16-8-2-4-10-18(16)20(17)22-21-19-12-13-6-5-11-14(13)19/h1-10,13-14H,11-12H2/b21-19+/t13-,14-/m0/s1. The van der Waals surface area contributed by atoms with Gasteiger partial charge in [-0.1, -0.05) is 60.7 Å². The molecule has 0 radical (unpaired) electrons. The van der Waals surface area contributed by atoms with E-state index in [1.54, 1.807) is 0 Å². The molecule has 0 spiro atoms. The van der Waals surface area contributed by atoms with E-state index in [1.165, 1.54) is 28.0 Å². The van der Waals surface area contributed by atoms with Crippen molar-refractivity contribution in [2.75, 3.05) is 0 Å². The summed E-state index contributed by atoms with van der Waals surface area (Å²) in [5, 5.41) is 9.28. The molecule has 2 aromatic carbocycles. The molecule has 0 N–H and O–H groups in total. The number of rotatable bonds is 1. The SMILES string of the molecule is C1=C[C@H]2C/C(=N\N=C3c4ccccc4-c4ccccc43)[C@H]2C1. The predicted octanol–water partition coefficient (Wildman–Crippen LogP) is 4.46. The van der Waals surface area contributed by atoms with Crippen molar-refractivity contribution in [1.82, 2.24) is 0 Å². The fourth-order valence-electron chi connectivity index (χ4n) is 3.87. The van der Waals surface area contributed by atoms with Gasteiger partial charge in [0.25, 0.3) is 0 Å². The van der Waals surface area contributed by atoms with Crippen molar-refractivity contribution in [3.05, 3.63) is 71.8 Å². The predicted molar refractivity (Wildman–Crippen MR) is 90.3 cm³/mol. The summed E-state index contributed by atoms with van der Waals surface area (Å²) in [6, 6.07) is 17.0. The van der Waals surface area contributed by atoms with E-state index in [9.17, 15) is 0 Å². The molecule has 2 heteroatoms. The topological polar surface area (TPSA) is 24.7 Å². The quantitative estimate of drug-likeness (QED) is 0.466. The van der Waals surface area contributed by atoms with Crippen LogP contribution in [0, 0.1) is 11.8 Å². The molecule has 2 nitrogen and oxygen atoms in total. The second-order valence-electron chi connectivity index (χ2n) is 6.27. The van der Waals surface area contributed by atoms with E-state index < -0.39 is 0 Å². The highest BCUT2D eigenvalue weighted by Crippen LogP contribution is 2.41. The van der Waals surface area contributed by atoms with Crippen LogP contribution in [0.15, 0.2) is 70.9 Å². The van der Waals surface area contributed by atoms with Gasteiger partial charge in [-0.2, -0.15) is 5.10 Å². The molecular weight excluding hydrogens is 268 g/mol. The van der Waals surface area contributed by atoms with E-state index in [-0.39, 0.29) is 0 Å². The highest BCUT2D eigenvalue weighted by atomic mass is 15.2. The summed E-state index contributed by atoms with van der Waals surface area (Å²) in [7, 11) is 0. The number of benzene rings is 2. The lowest BCUT2D eigenvalue weighted by Gasteiger charge is -2.31. The molecule has 1 fully saturated rings. The maximum absolute atomic E-state index is 4.67. The van der Waals surface area contributed by atoms with Crippen LogP contribution in [0.1, 0.15) is 24.0 Å². The molecule has 0 heterocycles. The van der Waals surface area contributed by atoms with E-state index in [0.29, 0.717) is 5.92 Å². The molecule has 0 aliphatic heterocycles. The molecule has 0 bridgehead atoms. The molecule has 3 aliphatic carbocycles. The van der Waals surface area contributed by atoms with E-state index in [0.717, 1.165) is 24.5 Å². The van der Waals surface area contributed by atoms with Crippen LogP contribution in [-0.2, 0) is 0 Å². The molecule has 0 amide bonds. The first-order valence-corrected chi connectivity index (χ1v) is 7.92. The summed E-state index contributed by atoms with van der Waals surface area (Å²) in [4.78, 5) is 0. The Morgan fingerprint density at radius 3 is 2.05 bits per heavy atom. The second kappa shape index (κ2) is 4.51. The monoisotopic (exact) mass is 284 g/mol. The molecule has 2 aromatic rings. The Morgan fingerprint density at radius 2 is 1.41 bits per heavy atom. The van der Waals surface area contributed by atoms with Gasteiger partial charge < -0.3 is 0 Å². The van der Waals surface area contributed by atoms with Crippen LogP contribution in [0.2, 0.25) is 0 Å². The summed E-state index contributed by atoms with van der Waals surface area (Å²) in [6.07, 6.45) is 6.84. The normalized spacial score (nSPS) is 25.6. The van der Waals surface area contributed by atoms with Gasteiger partial charge >= 0.3 is 0 Å². The van der Waals surface area contributed by atoms with Gasteiger partial charge in [-0.3, -0.25) is 0 Å².